The monoisotopic (exact) mass is 448 g/mol. The molecule has 0 aliphatic carbocycles. The van der Waals surface area contributed by atoms with Crippen LogP contribution in [-0.2, 0) is 28.5 Å². The highest BCUT2D eigenvalue weighted by Gasteiger charge is 2.45. The molecule has 1 fully saturated rings. The van der Waals surface area contributed by atoms with E-state index in [1.165, 1.54) is 12.1 Å². The highest BCUT2D eigenvalue weighted by atomic mass is 19.4. The molecule has 1 aliphatic rings. The minimum Gasteiger partial charge on any atom is -0.466 e. The maximum atomic E-state index is 13.6. The first-order valence-electron chi connectivity index (χ1n) is 11.1. The Hall–Kier alpha value is -2.41. The highest BCUT2D eigenvalue weighted by molar-refractivity contribution is 5.77. The van der Waals surface area contributed by atoms with Crippen molar-refractivity contribution in [1.29, 1.82) is 0 Å². The summed E-state index contributed by atoms with van der Waals surface area (Å²) in [6, 6.07) is 9.70. The van der Waals surface area contributed by atoms with E-state index in [0.717, 1.165) is 23.7 Å². The molecule has 0 N–H and O–H groups in total. The molecule has 1 aliphatic heterocycles. The van der Waals surface area contributed by atoms with E-state index in [1.54, 1.807) is 19.2 Å². The Balaban J connectivity index is 1.77. The average Bonchev–Trinajstić information content (AvgIpc) is 2.75. The van der Waals surface area contributed by atoms with Gasteiger partial charge in [-0.05, 0) is 76.4 Å². The molecule has 4 nitrogen and oxygen atoms in total. The van der Waals surface area contributed by atoms with Crippen LogP contribution in [0.5, 0.6) is 0 Å². The number of nitrogens with zero attached hydrogens (tertiary/aromatic N) is 2. The molecule has 32 heavy (non-hydrogen) atoms. The number of benzene rings is 1. The fourth-order valence-electron chi connectivity index (χ4n) is 4.59. The number of esters is 1. The van der Waals surface area contributed by atoms with Gasteiger partial charge in [-0.2, -0.15) is 13.2 Å². The van der Waals surface area contributed by atoms with Crippen molar-refractivity contribution in [3.05, 3.63) is 65.0 Å². The quantitative estimate of drug-likeness (QED) is 0.544. The standard InChI is InChI=1S/C25H31F3N2O2/c1-4-32-23(31)24(17-20-9-5-6-10-21(20)25(26,27)28)11-14-30(15-12-24)19(3)16-22-18(2)8-7-13-29-22/h5-10,13,19H,4,11-12,14-17H2,1-3H3. The van der Waals surface area contributed by atoms with Gasteiger partial charge in [0.2, 0.25) is 0 Å². The van der Waals surface area contributed by atoms with Gasteiger partial charge in [0.15, 0.2) is 0 Å². The van der Waals surface area contributed by atoms with E-state index in [0.29, 0.717) is 25.9 Å². The number of rotatable bonds is 7. The van der Waals surface area contributed by atoms with Crippen molar-refractivity contribution in [2.24, 2.45) is 5.41 Å². The van der Waals surface area contributed by atoms with Crippen LogP contribution in [0, 0.1) is 12.3 Å². The van der Waals surface area contributed by atoms with Gasteiger partial charge in [-0.3, -0.25) is 9.78 Å². The number of alkyl halides is 3. The molecule has 0 bridgehead atoms. The van der Waals surface area contributed by atoms with Crippen molar-refractivity contribution in [2.45, 2.75) is 58.7 Å². The molecule has 0 radical (unpaired) electrons. The number of pyridine rings is 1. The first kappa shape index (κ1) is 24.2. The summed E-state index contributed by atoms with van der Waals surface area (Å²) in [7, 11) is 0. The van der Waals surface area contributed by atoms with E-state index in [2.05, 4.69) is 16.8 Å². The molecule has 1 atom stereocenters. The zero-order valence-corrected chi connectivity index (χ0v) is 18.9. The number of carbonyl (C=O) groups excluding carboxylic acids is 1. The number of piperidine rings is 1. The van der Waals surface area contributed by atoms with Gasteiger partial charge in [-0.15, -0.1) is 0 Å². The predicted octanol–water partition coefficient (Wildman–Crippen LogP) is 5.23. The van der Waals surface area contributed by atoms with Gasteiger partial charge in [0, 0.05) is 24.4 Å². The zero-order chi connectivity index (χ0) is 23.4. The highest BCUT2D eigenvalue weighted by Crippen LogP contribution is 2.41. The lowest BCUT2D eigenvalue weighted by molar-refractivity contribution is -0.159. The molecule has 174 valence electrons. The predicted molar refractivity (Wildman–Crippen MR) is 117 cm³/mol. The van der Waals surface area contributed by atoms with Crippen molar-refractivity contribution in [3.63, 3.8) is 0 Å². The Bertz CT molecular complexity index is 921. The Morgan fingerprint density at radius 3 is 2.50 bits per heavy atom. The minimum absolute atomic E-state index is 0.0308. The summed E-state index contributed by atoms with van der Waals surface area (Å²) >= 11 is 0. The van der Waals surface area contributed by atoms with Crippen LogP contribution in [0.2, 0.25) is 0 Å². The van der Waals surface area contributed by atoms with Crippen LogP contribution in [-0.4, -0.2) is 41.6 Å². The zero-order valence-electron chi connectivity index (χ0n) is 18.9. The van der Waals surface area contributed by atoms with Gasteiger partial charge in [0.25, 0.3) is 0 Å². The maximum Gasteiger partial charge on any atom is 0.416 e. The van der Waals surface area contributed by atoms with Crippen molar-refractivity contribution in [3.8, 4) is 0 Å². The molecule has 1 aromatic carbocycles. The van der Waals surface area contributed by atoms with Crippen LogP contribution in [0.25, 0.3) is 0 Å². The summed E-state index contributed by atoms with van der Waals surface area (Å²) in [4.78, 5) is 19.7. The number of likely N-dealkylation sites (tertiary alicyclic amines) is 1. The lowest BCUT2D eigenvalue weighted by atomic mass is 9.72. The molecule has 0 saturated carbocycles. The molecular weight excluding hydrogens is 417 g/mol. The normalized spacial score (nSPS) is 17.7. The largest absolute Gasteiger partial charge is 0.466 e. The van der Waals surface area contributed by atoms with E-state index in [9.17, 15) is 18.0 Å². The Morgan fingerprint density at radius 2 is 1.88 bits per heavy atom. The first-order chi connectivity index (χ1) is 15.2. The topological polar surface area (TPSA) is 42.4 Å². The number of aromatic nitrogens is 1. The molecule has 2 aromatic rings. The molecule has 1 saturated heterocycles. The third-order valence-corrected chi connectivity index (χ3v) is 6.55. The molecule has 1 aromatic heterocycles. The van der Waals surface area contributed by atoms with E-state index in [1.807, 2.05) is 19.1 Å². The number of aryl methyl sites for hydroxylation is 1. The first-order valence-corrected chi connectivity index (χ1v) is 11.1. The average molecular weight is 449 g/mol. The van der Waals surface area contributed by atoms with E-state index in [4.69, 9.17) is 4.74 Å². The van der Waals surface area contributed by atoms with Gasteiger partial charge in [0.05, 0.1) is 17.6 Å². The number of hydrogen-bond acceptors (Lipinski definition) is 4. The SMILES string of the molecule is CCOC(=O)C1(Cc2ccccc2C(F)(F)F)CCN(C(C)Cc2ncccc2C)CC1. The summed E-state index contributed by atoms with van der Waals surface area (Å²) < 4.78 is 46.0. The Morgan fingerprint density at radius 1 is 1.19 bits per heavy atom. The number of carbonyl (C=O) groups is 1. The summed E-state index contributed by atoms with van der Waals surface area (Å²) in [6.07, 6.45) is -0.927. The third-order valence-electron chi connectivity index (χ3n) is 6.55. The van der Waals surface area contributed by atoms with Crippen molar-refractivity contribution < 1.29 is 22.7 Å². The van der Waals surface area contributed by atoms with Crippen molar-refractivity contribution >= 4 is 5.97 Å². The molecule has 1 unspecified atom stereocenters. The molecule has 0 spiro atoms. The lowest BCUT2D eigenvalue weighted by Gasteiger charge is -2.42. The van der Waals surface area contributed by atoms with Gasteiger partial charge in [-0.1, -0.05) is 24.3 Å². The maximum absolute atomic E-state index is 13.6. The Kier molecular flexibility index (Phi) is 7.59. The van der Waals surface area contributed by atoms with Crippen LogP contribution in [0.3, 0.4) is 0 Å². The van der Waals surface area contributed by atoms with Gasteiger partial charge in [-0.25, -0.2) is 0 Å². The van der Waals surface area contributed by atoms with Crippen LogP contribution in [0.1, 0.15) is 49.1 Å². The number of hydrogen-bond donors (Lipinski definition) is 0. The molecule has 2 heterocycles. The van der Waals surface area contributed by atoms with Crippen LogP contribution >= 0.6 is 0 Å². The second-order valence-electron chi connectivity index (χ2n) is 8.69. The molecular formula is C25H31F3N2O2. The summed E-state index contributed by atoms with van der Waals surface area (Å²) in [5, 5.41) is 0. The van der Waals surface area contributed by atoms with Gasteiger partial charge in [0.1, 0.15) is 0 Å². The number of halogens is 3. The second kappa shape index (κ2) is 10.0. The van der Waals surface area contributed by atoms with Gasteiger partial charge < -0.3 is 9.64 Å². The minimum atomic E-state index is -4.46. The van der Waals surface area contributed by atoms with Crippen molar-refractivity contribution in [2.75, 3.05) is 19.7 Å². The lowest BCUT2D eigenvalue weighted by Crippen LogP contribution is -2.49. The summed E-state index contributed by atoms with van der Waals surface area (Å²) in [5.74, 6) is -0.398. The molecule has 0 amide bonds. The fourth-order valence-corrected chi connectivity index (χ4v) is 4.59. The van der Waals surface area contributed by atoms with Crippen LogP contribution in [0.15, 0.2) is 42.6 Å². The van der Waals surface area contributed by atoms with E-state index < -0.39 is 23.1 Å². The van der Waals surface area contributed by atoms with Gasteiger partial charge >= 0.3 is 12.1 Å². The smallest absolute Gasteiger partial charge is 0.416 e. The summed E-state index contributed by atoms with van der Waals surface area (Å²) in [5.41, 5.74) is 0.709. The van der Waals surface area contributed by atoms with Crippen molar-refractivity contribution in [1.82, 2.24) is 9.88 Å². The summed E-state index contributed by atoms with van der Waals surface area (Å²) in [6.45, 7) is 7.35. The third kappa shape index (κ3) is 5.49. The second-order valence-corrected chi connectivity index (χ2v) is 8.69. The number of ether oxygens (including phenoxy) is 1. The fraction of sp³-hybridized carbons (Fsp3) is 0.520. The van der Waals surface area contributed by atoms with Crippen LogP contribution < -0.4 is 0 Å². The molecule has 3 rings (SSSR count). The van der Waals surface area contributed by atoms with Crippen LogP contribution in [0.4, 0.5) is 13.2 Å². The molecule has 7 heteroatoms. The Labute approximate surface area is 187 Å². The van der Waals surface area contributed by atoms with E-state index in [-0.39, 0.29) is 24.6 Å². The van der Waals surface area contributed by atoms with E-state index >= 15 is 0 Å².